The van der Waals surface area contributed by atoms with Crippen molar-refractivity contribution < 1.29 is 0 Å². The molecule has 0 saturated heterocycles. The summed E-state index contributed by atoms with van der Waals surface area (Å²) in [4.78, 5) is 0. The predicted molar refractivity (Wildman–Crippen MR) is 76.9 cm³/mol. The van der Waals surface area contributed by atoms with Crippen LogP contribution in [-0.4, -0.2) is 0 Å². The van der Waals surface area contributed by atoms with Gasteiger partial charge in [-0.15, -0.1) is 0 Å². The molecule has 0 aromatic heterocycles. The second kappa shape index (κ2) is 7.11. The zero-order chi connectivity index (χ0) is 12.7. The fraction of sp³-hybridized carbons (Fsp3) is 0.412. The molecular formula is C17H24. The van der Waals surface area contributed by atoms with Crippen molar-refractivity contribution in [3.8, 4) is 0 Å². The molecule has 17 heavy (non-hydrogen) atoms. The minimum absolute atomic E-state index is 1.09. The Labute approximate surface area is 106 Å². The maximum Gasteiger partial charge on any atom is -0.0305 e. The van der Waals surface area contributed by atoms with Crippen LogP contribution < -0.4 is 0 Å². The van der Waals surface area contributed by atoms with Crippen LogP contribution in [0.25, 0.3) is 0 Å². The van der Waals surface area contributed by atoms with Crippen LogP contribution in [0.2, 0.25) is 0 Å². The van der Waals surface area contributed by atoms with E-state index in [1.165, 1.54) is 22.3 Å². The lowest BCUT2D eigenvalue weighted by molar-refractivity contribution is 1.04. The van der Waals surface area contributed by atoms with E-state index in [0.717, 1.165) is 19.3 Å². The molecule has 0 atom stereocenters. The third kappa shape index (κ3) is 3.89. The minimum Gasteiger partial charge on any atom is -0.0622 e. The van der Waals surface area contributed by atoms with Crippen molar-refractivity contribution in [2.24, 2.45) is 0 Å². The molecule has 1 rings (SSSR count). The lowest BCUT2D eigenvalue weighted by Crippen LogP contribution is -1.91. The first-order valence-corrected chi connectivity index (χ1v) is 6.67. The molecule has 92 valence electrons. The van der Waals surface area contributed by atoms with E-state index >= 15 is 0 Å². The molecule has 0 N–H and O–H groups in total. The van der Waals surface area contributed by atoms with Crippen molar-refractivity contribution in [2.45, 2.75) is 47.0 Å². The Bertz CT molecular complexity index is 415. The third-order valence-corrected chi connectivity index (χ3v) is 3.32. The summed E-state index contributed by atoms with van der Waals surface area (Å²) in [6.45, 7) is 8.92. The largest absolute Gasteiger partial charge is 0.0622 e. The van der Waals surface area contributed by atoms with E-state index in [1.54, 1.807) is 0 Å². The smallest absolute Gasteiger partial charge is 0.0305 e. The quantitative estimate of drug-likeness (QED) is 0.696. The monoisotopic (exact) mass is 228 g/mol. The second-order valence-electron chi connectivity index (χ2n) is 4.37. The van der Waals surface area contributed by atoms with Gasteiger partial charge in [0.1, 0.15) is 0 Å². The van der Waals surface area contributed by atoms with E-state index in [2.05, 4.69) is 64.1 Å². The molecule has 0 aliphatic heterocycles. The summed E-state index contributed by atoms with van der Waals surface area (Å²) in [5.74, 6) is 0. The van der Waals surface area contributed by atoms with Gasteiger partial charge in [-0.2, -0.15) is 0 Å². The lowest BCUT2D eigenvalue weighted by atomic mass is 10.00. The minimum atomic E-state index is 1.09. The SMILES string of the molecule is CCc1cccccc(CC)c(C)c(CC)c1. The Morgan fingerprint density at radius 1 is 0.765 bits per heavy atom. The van der Waals surface area contributed by atoms with E-state index in [0.29, 0.717) is 0 Å². The molecule has 0 nitrogen and oxygen atoms in total. The first-order valence-electron chi connectivity index (χ1n) is 6.67. The van der Waals surface area contributed by atoms with E-state index in [9.17, 15) is 0 Å². The highest BCUT2D eigenvalue weighted by Crippen LogP contribution is 2.13. The van der Waals surface area contributed by atoms with Gasteiger partial charge in [0.15, 0.2) is 0 Å². The van der Waals surface area contributed by atoms with Gasteiger partial charge in [-0.3, -0.25) is 0 Å². The van der Waals surface area contributed by atoms with Gasteiger partial charge in [-0.05, 0) is 48.4 Å². The number of rotatable bonds is 3. The van der Waals surface area contributed by atoms with Crippen molar-refractivity contribution in [1.82, 2.24) is 0 Å². The van der Waals surface area contributed by atoms with Gasteiger partial charge in [0.2, 0.25) is 0 Å². The van der Waals surface area contributed by atoms with Gasteiger partial charge >= 0.3 is 0 Å². The lowest BCUT2D eigenvalue weighted by Gasteiger charge is -2.06. The van der Waals surface area contributed by atoms with E-state index in [1.807, 2.05) is 0 Å². The predicted octanol–water partition coefficient (Wildman–Crippen LogP) is 4.81. The maximum absolute atomic E-state index is 2.36. The van der Waals surface area contributed by atoms with Crippen LogP contribution in [0.5, 0.6) is 0 Å². The first-order chi connectivity index (χ1) is 8.22. The van der Waals surface area contributed by atoms with Crippen LogP contribution in [0.4, 0.5) is 0 Å². The van der Waals surface area contributed by atoms with Gasteiger partial charge < -0.3 is 0 Å². The third-order valence-electron chi connectivity index (χ3n) is 3.32. The molecular weight excluding hydrogens is 204 g/mol. The summed E-state index contributed by atoms with van der Waals surface area (Å²) in [7, 11) is 0. The van der Waals surface area contributed by atoms with Crippen LogP contribution in [0.1, 0.15) is 43.0 Å². The van der Waals surface area contributed by atoms with Gasteiger partial charge in [0.25, 0.3) is 0 Å². The Morgan fingerprint density at radius 3 is 2.00 bits per heavy atom. The number of hydrogen-bond acceptors (Lipinski definition) is 0. The highest BCUT2D eigenvalue weighted by molar-refractivity contribution is 5.33. The summed E-state index contributed by atoms with van der Waals surface area (Å²) in [5.41, 5.74) is 5.76. The van der Waals surface area contributed by atoms with Crippen molar-refractivity contribution >= 4 is 0 Å². The average Bonchev–Trinajstić information content (AvgIpc) is 2.36. The molecule has 0 radical (unpaired) electrons. The summed E-state index contributed by atoms with van der Waals surface area (Å²) in [5, 5.41) is 0. The average molecular weight is 228 g/mol. The highest BCUT2D eigenvalue weighted by Gasteiger charge is 1.98. The zero-order valence-electron chi connectivity index (χ0n) is 11.6. The van der Waals surface area contributed by atoms with Gasteiger partial charge in [0.05, 0.1) is 0 Å². The molecule has 0 fully saturated rings. The molecule has 1 aromatic carbocycles. The Balaban J connectivity index is 3.54. The van der Waals surface area contributed by atoms with Crippen LogP contribution in [0, 0.1) is 6.92 Å². The number of aryl methyl sites for hydroxylation is 3. The van der Waals surface area contributed by atoms with Crippen LogP contribution in [-0.2, 0) is 19.3 Å². The molecule has 0 unspecified atom stereocenters. The van der Waals surface area contributed by atoms with E-state index < -0.39 is 0 Å². The van der Waals surface area contributed by atoms with Gasteiger partial charge in [-0.1, -0.05) is 57.2 Å². The molecule has 0 saturated carbocycles. The topological polar surface area (TPSA) is 0 Å². The maximum atomic E-state index is 2.36. The molecule has 0 spiro atoms. The molecule has 0 amide bonds. The first kappa shape index (κ1) is 13.8. The summed E-state index contributed by atoms with van der Waals surface area (Å²) in [6, 6.07) is 13.2. The zero-order valence-corrected chi connectivity index (χ0v) is 11.6. The van der Waals surface area contributed by atoms with Crippen LogP contribution in [0.3, 0.4) is 0 Å². The summed E-state index contributed by atoms with van der Waals surface area (Å²) < 4.78 is 0. The van der Waals surface area contributed by atoms with Crippen molar-refractivity contribution in [2.75, 3.05) is 0 Å². The molecule has 0 aliphatic carbocycles. The Morgan fingerprint density at radius 2 is 1.41 bits per heavy atom. The Kier molecular flexibility index (Phi) is 5.76. The molecule has 0 bridgehead atoms. The van der Waals surface area contributed by atoms with Gasteiger partial charge in [-0.25, -0.2) is 0 Å². The number of hydrogen-bond donors (Lipinski definition) is 0. The standard InChI is InChI=1S/C17H24/c1-5-15-11-9-8-10-12-16(6-2)14(4)17(7-3)13-15/h8-13H,5-7H2,1-4H3. The van der Waals surface area contributed by atoms with E-state index in [-0.39, 0.29) is 0 Å². The molecule has 0 heteroatoms. The highest BCUT2D eigenvalue weighted by atomic mass is 14.0. The fourth-order valence-electron chi connectivity index (χ4n) is 2.10. The van der Waals surface area contributed by atoms with Crippen molar-refractivity contribution in [3.05, 3.63) is 58.7 Å². The van der Waals surface area contributed by atoms with Crippen molar-refractivity contribution in [1.29, 1.82) is 0 Å². The Hall–Kier alpha value is -1.30. The van der Waals surface area contributed by atoms with Gasteiger partial charge in [0, 0.05) is 0 Å². The second-order valence-corrected chi connectivity index (χ2v) is 4.37. The molecule has 0 aliphatic rings. The summed E-state index contributed by atoms with van der Waals surface area (Å²) in [6.07, 6.45) is 3.29. The van der Waals surface area contributed by atoms with Crippen LogP contribution >= 0.6 is 0 Å². The molecule has 1 aromatic rings. The normalized spacial score (nSPS) is 9.88. The fourth-order valence-corrected chi connectivity index (χ4v) is 2.10. The van der Waals surface area contributed by atoms with E-state index in [4.69, 9.17) is 0 Å². The van der Waals surface area contributed by atoms with Crippen LogP contribution in [0.15, 0.2) is 36.4 Å². The molecule has 0 heterocycles. The summed E-state index contributed by atoms with van der Waals surface area (Å²) >= 11 is 0. The van der Waals surface area contributed by atoms with Crippen molar-refractivity contribution in [3.63, 3.8) is 0 Å².